The van der Waals surface area contributed by atoms with Gasteiger partial charge in [-0.15, -0.1) is 5.10 Å². The van der Waals surface area contributed by atoms with Gasteiger partial charge in [0.1, 0.15) is 0 Å². The Morgan fingerprint density at radius 1 is 1.35 bits per heavy atom. The van der Waals surface area contributed by atoms with E-state index >= 15 is 0 Å². The van der Waals surface area contributed by atoms with Crippen LogP contribution in [0.15, 0.2) is 30.6 Å². The second-order valence-corrected chi connectivity index (χ2v) is 3.53. The molecule has 0 bridgehead atoms. The normalized spacial score (nSPS) is 9.94. The molecule has 2 aromatic rings. The zero-order valence-corrected chi connectivity index (χ0v) is 9.35. The second kappa shape index (κ2) is 4.75. The Kier molecular flexibility index (Phi) is 3.15. The van der Waals surface area contributed by atoms with Crippen molar-refractivity contribution in [1.29, 1.82) is 0 Å². The summed E-state index contributed by atoms with van der Waals surface area (Å²) >= 11 is 5.89. The van der Waals surface area contributed by atoms with Crippen LogP contribution in [0.2, 0.25) is 5.02 Å². The van der Waals surface area contributed by atoms with E-state index in [9.17, 15) is 4.79 Å². The molecule has 3 N–H and O–H groups in total. The van der Waals surface area contributed by atoms with E-state index < -0.39 is 5.91 Å². The lowest BCUT2D eigenvalue weighted by atomic mass is 10.1. The molecule has 0 saturated carbocycles. The molecule has 0 aliphatic rings. The van der Waals surface area contributed by atoms with E-state index in [0.29, 0.717) is 5.69 Å². The van der Waals surface area contributed by atoms with Crippen LogP contribution in [0.1, 0.15) is 10.4 Å². The monoisotopic (exact) mass is 249 g/mol. The lowest BCUT2D eigenvalue weighted by Crippen LogP contribution is -2.16. The van der Waals surface area contributed by atoms with Crippen LogP contribution in [0.4, 0.5) is 11.6 Å². The Morgan fingerprint density at radius 3 is 2.82 bits per heavy atom. The number of rotatable bonds is 2. The maximum absolute atomic E-state index is 11.9. The van der Waals surface area contributed by atoms with E-state index in [4.69, 9.17) is 17.3 Å². The summed E-state index contributed by atoms with van der Waals surface area (Å²) in [7, 11) is 0. The lowest BCUT2D eigenvalue weighted by molar-refractivity contribution is 0.102. The maximum atomic E-state index is 11.9. The molecule has 0 saturated heterocycles. The number of nitrogen functional groups attached to an aromatic ring is 1. The molecule has 7 heteroatoms. The number of amides is 1. The molecule has 0 spiro atoms. The van der Waals surface area contributed by atoms with Crippen molar-refractivity contribution in [2.45, 2.75) is 0 Å². The standard InChI is InChI=1S/C10H8ClN5O/c11-6-2-1-3-7(12)8(6)9(17)15-10-13-4-5-14-16-10/h1-5H,12H2,(H,13,15,16,17). The van der Waals surface area contributed by atoms with Crippen molar-refractivity contribution in [3.05, 3.63) is 41.2 Å². The number of aromatic nitrogens is 3. The molecule has 86 valence electrons. The first-order chi connectivity index (χ1) is 8.18. The highest BCUT2D eigenvalue weighted by Crippen LogP contribution is 2.22. The van der Waals surface area contributed by atoms with Gasteiger partial charge in [0.2, 0.25) is 5.95 Å². The van der Waals surface area contributed by atoms with Crippen molar-refractivity contribution in [3.63, 3.8) is 0 Å². The summed E-state index contributed by atoms with van der Waals surface area (Å²) in [5.74, 6) is -0.377. The van der Waals surface area contributed by atoms with Crippen LogP contribution in [0.25, 0.3) is 0 Å². The highest BCUT2D eigenvalue weighted by Gasteiger charge is 2.14. The summed E-state index contributed by atoms with van der Waals surface area (Å²) in [6, 6.07) is 4.83. The van der Waals surface area contributed by atoms with Crippen molar-refractivity contribution < 1.29 is 4.79 Å². The van der Waals surface area contributed by atoms with Crippen LogP contribution in [0, 0.1) is 0 Å². The number of anilines is 2. The predicted octanol–water partition coefficient (Wildman–Crippen LogP) is 1.36. The van der Waals surface area contributed by atoms with Crippen LogP contribution >= 0.6 is 11.6 Å². The summed E-state index contributed by atoms with van der Waals surface area (Å²) in [5.41, 5.74) is 6.16. The number of benzene rings is 1. The SMILES string of the molecule is Nc1cccc(Cl)c1C(=O)Nc1nccnn1. The van der Waals surface area contributed by atoms with Crippen LogP contribution in [0.3, 0.4) is 0 Å². The van der Waals surface area contributed by atoms with Crippen LogP contribution in [-0.4, -0.2) is 21.1 Å². The molecule has 17 heavy (non-hydrogen) atoms. The van der Waals surface area contributed by atoms with Gasteiger partial charge in [-0.3, -0.25) is 10.1 Å². The molecule has 0 fully saturated rings. The topological polar surface area (TPSA) is 93.8 Å². The van der Waals surface area contributed by atoms with E-state index in [2.05, 4.69) is 20.5 Å². The molecular formula is C10H8ClN5O. The number of halogens is 1. The van der Waals surface area contributed by atoms with Gasteiger partial charge in [-0.1, -0.05) is 17.7 Å². The predicted molar refractivity (Wildman–Crippen MR) is 63.6 cm³/mol. The fraction of sp³-hybridized carbons (Fsp3) is 0. The molecule has 6 nitrogen and oxygen atoms in total. The number of nitrogens with one attached hydrogen (secondary N) is 1. The molecule has 0 radical (unpaired) electrons. The molecule has 1 aromatic carbocycles. The Labute approximate surface area is 102 Å². The van der Waals surface area contributed by atoms with E-state index in [0.717, 1.165) is 0 Å². The summed E-state index contributed by atoms with van der Waals surface area (Å²) in [6.45, 7) is 0. The molecule has 1 heterocycles. The first kappa shape index (κ1) is 11.3. The number of carbonyl (C=O) groups is 1. The fourth-order valence-corrected chi connectivity index (χ4v) is 1.52. The van der Waals surface area contributed by atoms with Gasteiger partial charge in [0.05, 0.1) is 23.0 Å². The first-order valence-electron chi connectivity index (χ1n) is 4.67. The number of nitrogens with zero attached hydrogens (tertiary/aromatic N) is 3. The molecule has 1 amide bonds. The molecule has 0 unspecified atom stereocenters. The van der Waals surface area contributed by atoms with E-state index in [1.54, 1.807) is 18.2 Å². The van der Waals surface area contributed by atoms with Crippen LogP contribution in [0.5, 0.6) is 0 Å². The highest BCUT2D eigenvalue weighted by molar-refractivity contribution is 6.35. The molecule has 0 atom stereocenters. The van der Waals surface area contributed by atoms with E-state index in [1.807, 2.05) is 0 Å². The zero-order valence-electron chi connectivity index (χ0n) is 8.59. The maximum Gasteiger partial charge on any atom is 0.261 e. The average Bonchev–Trinajstić information content (AvgIpc) is 2.30. The summed E-state index contributed by atoms with van der Waals surface area (Å²) in [4.78, 5) is 15.7. The summed E-state index contributed by atoms with van der Waals surface area (Å²) in [5, 5.41) is 9.93. The minimum absolute atomic E-state index is 0.0943. The Bertz CT molecular complexity index is 525. The van der Waals surface area contributed by atoms with Gasteiger partial charge < -0.3 is 5.73 Å². The minimum atomic E-state index is -0.471. The van der Waals surface area contributed by atoms with Gasteiger partial charge in [-0.2, -0.15) is 5.10 Å². The zero-order chi connectivity index (χ0) is 12.3. The van der Waals surface area contributed by atoms with Crippen molar-refractivity contribution in [2.24, 2.45) is 0 Å². The molecule has 0 aliphatic heterocycles. The first-order valence-corrected chi connectivity index (χ1v) is 5.05. The van der Waals surface area contributed by atoms with Gasteiger partial charge in [-0.05, 0) is 12.1 Å². The molecular weight excluding hydrogens is 242 g/mol. The average molecular weight is 250 g/mol. The Hall–Kier alpha value is -2.21. The second-order valence-electron chi connectivity index (χ2n) is 3.12. The Morgan fingerprint density at radius 2 is 2.18 bits per heavy atom. The van der Waals surface area contributed by atoms with Crippen molar-refractivity contribution in [3.8, 4) is 0 Å². The molecule has 0 aliphatic carbocycles. The highest BCUT2D eigenvalue weighted by atomic mass is 35.5. The fourth-order valence-electron chi connectivity index (χ4n) is 1.25. The van der Waals surface area contributed by atoms with Crippen molar-refractivity contribution >= 4 is 29.1 Å². The third-order valence-corrected chi connectivity index (χ3v) is 2.30. The van der Waals surface area contributed by atoms with Crippen LogP contribution in [-0.2, 0) is 0 Å². The van der Waals surface area contributed by atoms with Gasteiger partial charge in [-0.25, -0.2) is 4.98 Å². The molecule has 2 rings (SSSR count). The quantitative estimate of drug-likeness (QED) is 0.784. The summed E-state index contributed by atoms with van der Waals surface area (Å²) < 4.78 is 0. The third-order valence-electron chi connectivity index (χ3n) is 1.98. The van der Waals surface area contributed by atoms with Crippen molar-refractivity contribution in [1.82, 2.24) is 15.2 Å². The van der Waals surface area contributed by atoms with Gasteiger partial charge in [0.25, 0.3) is 5.91 Å². The number of carbonyl (C=O) groups excluding carboxylic acids is 1. The minimum Gasteiger partial charge on any atom is -0.398 e. The Balaban J connectivity index is 2.27. The number of hydrogen-bond acceptors (Lipinski definition) is 5. The molecule has 1 aromatic heterocycles. The summed E-state index contributed by atoms with van der Waals surface area (Å²) in [6.07, 6.45) is 2.82. The largest absolute Gasteiger partial charge is 0.398 e. The van der Waals surface area contributed by atoms with Crippen LogP contribution < -0.4 is 11.1 Å². The third kappa shape index (κ3) is 2.48. The van der Waals surface area contributed by atoms with Gasteiger partial charge in [0.15, 0.2) is 0 Å². The van der Waals surface area contributed by atoms with E-state index in [1.165, 1.54) is 12.4 Å². The van der Waals surface area contributed by atoms with Gasteiger partial charge in [0, 0.05) is 5.69 Å². The van der Waals surface area contributed by atoms with Gasteiger partial charge >= 0.3 is 0 Å². The lowest BCUT2D eigenvalue weighted by Gasteiger charge is -2.07. The number of nitrogens with two attached hydrogens (primary N) is 1. The smallest absolute Gasteiger partial charge is 0.261 e. The van der Waals surface area contributed by atoms with Crippen molar-refractivity contribution in [2.75, 3.05) is 11.1 Å². The van der Waals surface area contributed by atoms with E-state index in [-0.39, 0.29) is 16.5 Å². The number of hydrogen-bond donors (Lipinski definition) is 2.